The van der Waals surface area contributed by atoms with Crippen LogP contribution in [0.15, 0.2) is 24.3 Å². The molecule has 0 aliphatic carbocycles. The smallest absolute Gasteiger partial charge is 0.313 e. The van der Waals surface area contributed by atoms with Gasteiger partial charge in [-0.15, -0.1) is 0 Å². The topological polar surface area (TPSA) is 70.2 Å². The third-order valence-corrected chi connectivity index (χ3v) is 3.58. The fourth-order valence-corrected chi connectivity index (χ4v) is 2.38. The lowest BCUT2D eigenvalue weighted by Gasteiger charge is -2.17. The van der Waals surface area contributed by atoms with Crippen molar-refractivity contribution < 1.29 is 21.6 Å². The lowest BCUT2D eigenvalue weighted by Crippen LogP contribution is -2.37. The van der Waals surface area contributed by atoms with Crippen molar-refractivity contribution in [2.75, 3.05) is 18.3 Å². The number of para-hydroxylation sites is 1. The number of hydrogen-bond acceptors (Lipinski definition) is 3. The number of rotatable bonds is 6. The van der Waals surface area contributed by atoms with E-state index in [0.29, 0.717) is 5.56 Å². The zero-order chi connectivity index (χ0) is 15.4. The first-order valence-electron chi connectivity index (χ1n) is 5.75. The van der Waals surface area contributed by atoms with E-state index in [2.05, 4.69) is 10.0 Å². The van der Waals surface area contributed by atoms with E-state index in [-0.39, 0.29) is 11.7 Å². The molecule has 9 heteroatoms. The zero-order valence-electron chi connectivity index (χ0n) is 11.0. The van der Waals surface area contributed by atoms with Crippen molar-refractivity contribution in [3.05, 3.63) is 29.8 Å². The highest BCUT2D eigenvalue weighted by molar-refractivity contribution is 7.90. The van der Waals surface area contributed by atoms with Crippen LogP contribution in [0, 0.1) is 0 Å². The van der Waals surface area contributed by atoms with E-state index in [9.17, 15) is 21.6 Å². The fraction of sp³-hybridized carbons (Fsp3) is 0.455. The first-order valence-corrected chi connectivity index (χ1v) is 7.23. The van der Waals surface area contributed by atoms with E-state index in [0.717, 1.165) is 0 Å². The second kappa shape index (κ2) is 6.42. The van der Waals surface area contributed by atoms with Crippen LogP contribution in [0.2, 0.25) is 0 Å². The van der Waals surface area contributed by atoms with Crippen molar-refractivity contribution >= 4 is 15.9 Å². The largest absolute Gasteiger partial charge is 0.402 e. The van der Waals surface area contributed by atoms with Gasteiger partial charge in [-0.1, -0.05) is 18.2 Å². The Bertz CT molecular complexity index is 546. The molecule has 114 valence electrons. The number of benzene rings is 1. The number of alkyl halides is 3. The number of halogens is 3. The van der Waals surface area contributed by atoms with E-state index in [1.807, 2.05) is 0 Å². The predicted molar refractivity (Wildman–Crippen MR) is 70.5 cm³/mol. The van der Waals surface area contributed by atoms with E-state index in [1.54, 1.807) is 32.2 Å². The van der Waals surface area contributed by atoms with E-state index < -0.39 is 22.9 Å². The molecule has 0 saturated heterocycles. The first kappa shape index (κ1) is 16.7. The van der Waals surface area contributed by atoms with Crippen LogP contribution in [0.5, 0.6) is 0 Å². The molecule has 3 N–H and O–H groups in total. The Labute approximate surface area is 115 Å². The van der Waals surface area contributed by atoms with Gasteiger partial charge in [0, 0.05) is 6.04 Å². The van der Waals surface area contributed by atoms with Crippen LogP contribution in [-0.2, 0) is 10.2 Å². The maximum atomic E-state index is 12.0. The summed E-state index contributed by atoms with van der Waals surface area (Å²) in [4.78, 5) is 0. The van der Waals surface area contributed by atoms with Gasteiger partial charge in [0.1, 0.15) is 6.54 Å². The van der Waals surface area contributed by atoms with Crippen LogP contribution in [0.3, 0.4) is 0 Å². The van der Waals surface area contributed by atoms with Crippen LogP contribution in [0.1, 0.15) is 18.5 Å². The molecule has 0 saturated carbocycles. The second-order valence-corrected chi connectivity index (χ2v) is 5.64. The summed E-state index contributed by atoms with van der Waals surface area (Å²) in [5.41, 5.74) is 0.858. The normalized spacial score (nSPS) is 14.1. The fourth-order valence-electron chi connectivity index (χ4n) is 1.48. The minimum atomic E-state index is -4.60. The quantitative estimate of drug-likeness (QED) is 0.750. The summed E-state index contributed by atoms with van der Waals surface area (Å²) >= 11 is 0. The van der Waals surface area contributed by atoms with E-state index in [1.165, 1.54) is 10.8 Å². The number of hydrogen-bond donors (Lipinski definition) is 3. The maximum absolute atomic E-state index is 12.0. The molecule has 0 aliphatic rings. The Balaban J connectivity index is 2.87. The predicted octanol–water partition coefficient (Wildman–Crippen LogP) is 1.78. The molecule has 0 aliphatic heterocycles. The molecule has 1 atom stereocenters. The molecule has 0 fully saturated rings. The summed E-state index contributed by atoms with van der Waals surface area (Å²) < 4.78 is 62.7. The minimum Gasteiger partial charge on any atom is -0.313 e. The van der Waals surface area contributed by atoms with Crippen LogP contribution >= 0.6 is 0 Å². The second-order valence-electron chi connectivity index (χ2n) is 4.14. The molecular formula is C11H16F3N3O2S. The molecule has 5 nitrogen and oxygen atoms in total. The van der Waals surface area contributed by atoms with Gasteiger partial charge in [0.15, 0.2) is 0 Å². The molecule has 20 heavy (non-hydrogen) atoms. The average molecular weight is 311 g/mol. The van der Waals surface area contributed by atoms with E-state index in [4.69, 9.17) is 0 Å². The molecule has 0 radical (unpaired) electrons. The molecule has 1 aromatic carbocycles. The highest BCUT2D eigenvalue weighted by atomic mass is 32.2. The number of anilines is 1. The van der Waals surface area contributed by atoms with Gasteiger partial charge in [-0.05, 0) is 25.6 Å². The summed E-state index contributed by atoms with van der Waals surface area (Å²) in [5.74, 6) is 0. The van der Waals surface area contributed by atoms with Gasteiger partial charge in [-0.2, -0.15) is 26.3 Å². The third kappa shape index (κ3) is 5.35. The Morgan fingerprint density at radius 3 is 2.40 bits per heavy atom. The SMILES string of the molecule is CNC(C)c1ccccc1NS(=O)(=O)NCC(F)(F)F. The molecular weight excluding hydrogens is 295 g/mol. The van der Waals surface area contributed by atoms with Crippen molar-refractivity contribution in [3.8, 4) is 0 Å². The number of nitrogens with one attached hydrogen (secondary N) is 3. The average Bonchev–Trinajstić information content (AvgIpc) is 2.35. The van der Waals surface area contributed by atoms with Gasteiger partial charge in [-0.25, -0.2) is 0 Å². The van der Waals surface area contributed by atoms with Crippen molar-refractivity contribution in [2.24, 2.45) is 0 Å². The van der Waals surface area contributed by atoms with Gasteiger partial charge in [-0.3, -0.25) is 4.72 Å². The highest BCUT2D eigenvalue weighted by Gasteiger charge is 2.29. The lowest BCUT2D eigenvalue weighted by atomic mass is 10.1. The Morgan fingerprint density at radius 2 is 1.85 bits per heavy atom. The minimum absolute atomic E-state index is 0.156. The Morgan fingerprint density at radius 1 is 1.25 bits per heavy atom. The Kier molecular flexibility index (Phi) is 5.37. The zero-order valence-corrected chi connectivity index (χ0v) is 11.8. The van der Waals surface area contributed by atoms with Gasteiger partial charge in [0.05, 0.1) is 5.69 Å². The van der Waals surface area contributed by atoms with Crippen molar-refractivity contribution in [3.63, 3.8) is 0 Å². The van der Waals surface area contributed by atoms with Gasteiger partial charge < -0.3 is 5.32 Å². The molecule has 0 heterocycles. The van der Waals surface area contributed by atoms with Crippen LogP contribution in [0.4, 0.5) is 18.9 Å². The summed E-state index contributed by atoms with van der Waals surface area (Å²) in [6.07, 6.45) is -4.60. The third-order valence-electron chi connectivity index (χ3n) is 2.57. The molecule has 1 rings (SSSR count). The maximum Gasteiger partial charge on any atom is 0.402 e. The summed E-state index contributed by atoms with van der Waals surface area (Å²) in [6.45, 7) is 0.183. The summed E-state index contributed by atoms with van der Waals surface area (Å²) in [6, 6.07) is 6.31. The summed E-state index contributed by atoms with van der Waals surface area (Å²) in [7, 11) is -2.59. The van der Waals surface area contributed by atoms with Gasteiger partial charge in [0.25, 0.3) is 10.2 Å². The van der Waals surface area contributed by atoms with Crippen molar-refractivity contribution in [1.82, 2.24) is 10.0 Å². The molecule has 0 spiro atoms. The highest BCUT2D eigenvalue weighted by Crippen LogP contribution is 2.23. The van der Waals surface area contributed by atoms with Gasteiger partial charge >= 0.3 is 6.18 Å². The van der Waals surface area contributed by atoms with Crippen LogP contribution in [0.25, 0.3) is 0 Å². The lowest BCUT2D eigenvalue weighted by molar-refractivity contribution is -0.121. The molecule has 0 bridgehead atoms. The van der Waals surface area contributed by atoms with Crippen LogP contribution < -0.4 is 14.8 Å². The van der Waals surface area contributed by atoms with Crippen molar-refractivity contribution in [1.29, 1.82) is 0 Å². The monoisotopic (exact) mass is 311 g/mol. The van der Waals surface area contributed by atoms with E-state index >= 15 is 0 Å². The Hall–Kier alpha value is -1.32. The molecule has 0 aromatic heterocycles. The first-order chi connectivity index (χ1) is 9.14. The molecule has 0 amide bonds. The standard InChI is InChI=1S/C11H16F3N3O2S/c1-8(15-2)9-5-3-4-6-10(9)17-20(18,19)16-7-11(12,13)14/h3-6,8,15-17H,7H2,1-2H3. The van der Waals surface area contributed by atoms with Crippen molar-refractivity contribution in [2.45, 2.75) is 19.1 Å². The molecule has 1 aromatic rings. The summed E-state index contributed by atoms with van der Waals surface area (Å²) in [5, 5.41) is 2.93. The van der Waals surface area contributed by atoms with Crippen LogP contribution in [-0.4, -0.2) is 28.2 Å². The van der Waals surface area contributed by atoms with Gasteiger partial charge in [0.2, 0.25) is 0 Å². The molecule has 1 unspecified atom stereocenters.